The van der Waals surface area contributed by atoms with Crippen LogP contribution in [0.4, 0.5) is 0 Å². The summed E-state index contributed by atoms with van der Waals surface area (Å²) in [6.07, 6.45) is 0. The highest BCUT2D eigenvalue weighted by Gasteiger charge is 2.12. The molecule has 2 aromatic rings. The molecule has 0 aliphatic rings. The Hall–Kier alpha value is -1.00. The molecule has 0 radical (unpaired) electrons. The number of benzene rings is 1. The van der Waals surface area contributed by atoms with Crippen LogP contribution in [0, 0.1) is 0 Å². The highest BCUT2D eigenvalue weighted by molar-refractivity contribution is 9.10. The number of fused-ring (bicyclic) bond motifs is 1. The van der Waals surface area contributed by atoms with Gasteiger partial charge in [0.25, 0.3) is 0 Å². The minimum atomic E-state index is -0.370. The lowest BCUT2D eigenvalue weighted by atomic mass is 10.2. The molecule has 5 heteroatoms. The third kappa shape index (κ3) is 2.08. The molecule has 84 valence electrons. The van der Waals surface area contributed by atoms with Crippen molar-refractivity contribution in [2.75, 3.05) is 6.61 Å². The Kier molecular flexibility index (Phi) is 3.21. The van der Waals surface area contributed by atoms with Crippen LogP contribution < -0.4 is 0 Å². The maximum atomic E-state index is 11.5. The second-order valence-electron chi connectivity index (χ2n) is 3.26. The van der Waals surface area contributed by atoms with E-state index in [1.807, 2.05) is 6.07 Å². The number of halogens is 2. The van der Waals surface area contributed by atoms with Gasteiger partial charge in [-0.1, -0.05) is 27.5 Å². The second-order valence-corrected chi connectivity index (χ2v) is 4.58. The van der Waals surface area contributed by atoms with Gasteiger partial charge >= 0.3 is 5.97 Å². The molecule has 0 bridgehead atoms. The monoisotopic (exact) mass is 301 g/mol. The van der Waals surface area contributed by atoms with Crippen molar-refractivity contribution in [2.45, 2.75) is 6.92 Å². The average molecular weight is 303 g/mol. The van der Waals surface area contributed by atoms with E-state index < -0.39 is 0 Å². The summed E-state index contributed by atoms with van der Waals surface area (Å²) in [6, 6.07) is 5.39. The summed E-state index contributed by atoms with van der Waals surface area (Å²) in [5.41, 5.74) is 1.16. The largest absolute Gasteiger partial charge is 0.461 e. The molecule has 16 heavy (non-hydrogen) atoms. The SMILES string of the molecule is CCOC(=O)c1cc2cc(Br)cc(Cl)c2[nH]1. The van der Waals surface area contributed by atoms with Crippen molar-refractivity contribution in [3.05, 3.63) is 33.4 Å². The molecule has 1 aromatic heterocycles. The summed E-state index contributed by atoms with van der Waals surface area (Å²) in [5, 5.41) is 1.45. The van der Waals surface area contributed by atoms with Crippen LogP contribution >= 0.6 is 27.5 Å². The van der Waals surface area contributed by atoms with Crippen LogP contribution in [0.5, 0.6) is 0 Å². The van der Waals surface area contributed by atoms with Gasteiger partial charge in [-0.05, 0) is 25.1 Å². The molecule has 0 saturated carbocycles. The van der Waals surface area contributed by atoms with Crippen molar-refractivity contribution >= 4 is 44.4 Å². The molecule has 3 nitrogen and oxygen atoms in total. The van der Waals surface area contributed by atoms with Gasteiger partial charge in [0.2, 0.25) is 0 Å². The summed E-state index contributed by atoms with van der Waals surface area (Å²) in [4.78, 5) is 14.5. The van der Waals surface area contributed by atoms with E-state index in [-0.39, 0.29) is 5.97 Å². The van der Waals surface area contributed by atoms with Gasteiger partial charge in [0, 0.05) is 9.86 Å². The van der Waals surface area contributed by atoms with Crippen molar-refractivity contribution in [1.82, 2.24) is 4.98 Å². The first-order valence-corrected chi connectivity index (χ1v) is 5.94. The summed E-state index contributed by atoms with van der Waals surface area (Å²) in [5.74, 6) is -0.370. The zero-order valence-electron chi connectivity index (χ0n) is 8.51. The van der Waals surface area contributed by atoms with E-state index in [0.717, 1.165) is 15.4 Å². The number of hydrogen-bond donors (Lipinski definition) is 1. The van der Waals surface area contributed by atoms with Crippen molar-refractivity contribution in [3.8, 4) is 0 Å². The first kappa shape index (κ1) is 11.5. The number of ether oxygens (including phenoxy) is 1. The van der Waals surface area contributed by atoms with Gasteiger partial charge in [0.1, 0.15) is 5.69 Å². The molecule has 0 aliphatic heterocycles. The lowest BCUT2D eigenvalue weighted by molar-refractivity contribution is 0.0520. The Morgan fingerprint density at radius 3 is 2.94 bits per heavy atom. The zero-order chi connectivity index (χ0) is 11.7. The van der Waals surface area contributed by atoms with Crippen LogP contribution in [0.25, 0.3) is 10.9 Å². The second kappa shape index (κ2) is 4.47. The van der Waals surface area contributed by atoms with Crippen LogP contribution in [0.1, 0.15) is 17.4 Å². The van der Waals surface area contributed by atoms with E-state index in [0.29, 0.717) is 17.3 Å². The number of carbonyl (C=O) groups excluding carboxylic acids is 1. The Morgan fingerprint density at radius 1 is 1.50 bits per heavy atom. The van der Waals surface area contributed by atoms with Crippen LogP contribution in [-0.4, -0.2) is 17.6 Å². The number of H-pyrrole nitrogens is 1. The van der Waals surface area contributed by atoms with E-state index in [4.69, 9.17) is 16.3 Å². The lowest BCUT2D eigenvalue weighted by Crippen LogP contribution is -2.04. The van der Waals surface area contributed by atoms with Gasteiger partial charge in [0.05, 0.1) is 17.1 Å². The number of hydrogen-bond acceptors (Lipinski definition) is 2. The fourth-order valence-corrected chi connectivity index (χ4v) is 2.37. The molecule has 0 aliphatic carbocycles. The first-order chi connectivity index (χ1) is 7.61. The minimum absolute atomic E-state index is 0.353. The molecule has 0 spiro atoms. The number of carbonyl (C=O) groups is 1. The van der Waals surface area contributed by atoms with Gasteiger partial charge in [-0.15, -0.1) is 0 Å². The third-order valence-electron chi connectivity index (χ3n) is 2.14. The van der Waals surface area contributed by atoms with E-state index in [9.17, 15) is 4.79 Å². The molecule has 0 atom stereocenters. The van der Waals surface area contributed by atoms with E-state index >= 15 is 0 Å². The Bertz CT molecular complexity index is 550. The predicted molar refractivity (Wildman–Crippen MR) is 67.0 cm³/mol. The van der Waals surface area contributed by atoms with Crippen LogP contribution in [-0.2, 0) is 4.74 Å². The number of esters is 1. The first-order valence-electron chi connectivity index (χ1n) is 4.76. The smallest absolute Gasteiger partial charge is 0.354 e. The Labute approximate surface area is 106 Å². The molecule has 1 aromatic carbocycles. The topological polar surface area (TPSA) is 42.1 Å². The van der Waals surface area contributed by atoms with Crippen molar-refractivity contribution < 1.29 is 9.53 Å². The lowest BCUT2D eigenvalue weighted by Gasteiger charge is -1.97. The molecule has 0 fully saturated rings. The minimum Gasteiger partial charge on any atom is -0.461 e. The molecule has 0 unspecified atom stereocenters. The summed E-state index contributed by atoms with van der Waals surface area (Å²) in [7, 11) is 0. The van der Waals surface area contributed by atoms with E-state index in [2.05, 4.69) is 20.9 Å². The molecular formula is C11H9BrClNO2. The zero-order valence-corrected chi connectivity index (χ0v) is 10.9. The van der Waals surface area contributed by atoms with Crippen LogP contribution in [0.2, 0.25) is 5.02 Å². The standard InChI is InChI=1S/C11H9BrClNO2/c1-2-16-11(15)9-4-6-3-7(12)5-8(13)10(6)14-9/h3-5,14H,2H2,1H3. The Balaban J connectivity index is 2.51. The third-order valence-corrected chi connectivity index (χ3v) is 2.90. The maximum Gasteiger partial charge on any atom is 0.354 e. The van der Waals surface area contributed by atoms with Gasteiger partial charge in [-0.2, -0.15) is 0 Å². The fraction of sp³-hybridized carbons (Fsp3) is 0.182. The average Bonchev–Trinajstić information content (AvgIpc) is 2.62. The fourth-order valence-electron chi connectivity index (χ4n) is 1.48. The quantitative estimate of drug-likeness (QED) is 0.858. The maximum absolute atomic E-state index is 11.5. The Morgan fingerprint density at radius 2 is 2.25 bits per heavy atom. The summed E-state index contributed by atoms with van der Waals surface area (Å²) < 4.78 is 5.78. The van der Waals surface area contributed by atoms with Crippen molar-refractivity contribution in [2.24, 2.45) is 0 Å². The highest BCUT2D eigenvalue weighted by atomic mass is 79.9. The van der Waals surface area contributed by atoms with E-state index in [1.165, 1.54) is 0 Å². The number of nitrogens with one attached hydrogen (secondary N) is 1. The van der Waals surface area contributed by atoms with Crippen LogP contribution in [0.15, 0.2) is 22.7 Å². The molecular weight excluding hydrogens is 293 g/mol. The predicted octanol–water partition coefficient (Wildman–Crippen LogP) is 3.76. The molecule has 1 heterocycles. The normalized spacial score (nSPS) is 10.7. The number of aromatic nitrogens is 1. The molecule has 2 rings (SSSR count). The van der Waals surface area contributed by atoms with Crippen molar-refractivity contribution in [1.29, 1.82) is 0 Å². The van der Waals surface area contributed by atoms with Gasteiger partial charge in [-0.3, -0.25) is 0 Å². The molecule has 1 N–H and O–H groups in total. The summed E-state index contributed by atoms with van der Waals surface area (Å²) >= 11 is 9.39. The number of rotatable bonds is 2. The number of aromatic amines is 1. The van der Waals surface area contributed by atoms with E-state index in [1.54, 1.807) is 19.1 Å². The van der Waals surface area contributed by atoms with Crippen LogP contribution in [0.3, 0.4) is 0 Å². The van der Waals surface area contributed by atoms with Gasteiger partial charge in [0.15, 0.2) is 0 Å². The van der Waals surface area contributed by atoms with Crippen molar-refractivity contribution in [3.63, 3.8) is 0 Å². The van der Waals surface area contributed by atoms with Gasteiger partial charge < -0.3 is 9.72 Å². The highest BCUT2D eigenvalue weighted by Crippen LogP contribution is 2.28. The molecule has 0 saturated heterocycles. The summed E-state index contributed by atoms with van der Waals surface area (Å²) in [6.45, 7) is 2.12. The molecule has 0 amide bonds. The van der Waals surface area contributed by atoms with Gasteiger partial charge in [-0.25, -0.2) is 4.79 Å².